The third-order valence-corrected chi connectivity index (χ3v) is 4.09. The molecule has 0 spiro atoms. The lowest BCUT2D eigenvalue weighted by atomic mass is 9.94. The van der Waals surface area contributed by atoms with Gasteiger partial charge in [0.1, 0.15) is 0 Å². The van der Waals surface area contributed by atoms with Crippen LogP contribution in [0.2, 0.25) is 0 Å². The van der Waals surface area contributed by atoms with Gasteiger partial charge in [0.25, 0.3) is 0 Å². The van der Waals surface area contributed by atoms with Gasteiger partial charge < -0.3 is 4.74 Å². The number of benzene rings is 1. The fourth-order valence-electron chi connectivity index (χ4n) is 3.06. The summed E-state index contributed by atoms with van der Waals surface area (Å²) in [4.78, 5) is 0. The van der Waals surface area contributed by atoms with Crippen LogP contribution in [-0.4, -0.2) is 18.8 Å². The summed E-state index contributed by atoms with van der Waals surface area (Å²) in [6, 6.07) is 10.9. The third kappa shape index (κ3) is 3.35. The van der Waals surface area contributed by atoms with Gasteiger partial charge in [-0.1, -0.05) is 44.2 Å². The highest BCUT2D eigenvalue weighted by Gasteiger charge is 2.47. The van der Waals surface area contributed by atoms with Gasteiger partial charge in [-0.15, -0.1) is 0 Å². The third-order valence-electron chi connectivity index (χ3n) is 4.09. The molecule has 1 aromatic carbocycles. The first-order valence-electron chi connectivity index (χ1n) is 7.31. The van der Waals surface area contributed by atoms with Crippen molar-refractivity contribution < 1.29 is 4.74 Å². The lowest BCUT2D eigenvalue weighted by Crippen LogP contribution is -2.49. The first kappa shape index (κ1) is 14.5. The molecule has 1 saturated carbocycles. The molecule has 0 amide bonds. The fraction of sp³-hybridized carbons (Fsp3) is 0.625. The highest BCUT2D eigenvalue weighted by atomic mass is 16.5. The number of hydrogen-bond donors (Lipinski definition) is 2. The van der Waals surface area contributed by atoms with Crippen LogP contribution in [0.1, 0.15) is 38.7 Å². The summed E-state index contributed by atoms with van der Waals surface area (Å²) in [5, 5.41) is 0. The van der Waals surface area contributed by atoms with Crippen molar-refractivity contribution in [2.24, 2.45) is 17.7 Å². The molecular weight excluding hydrogens is 236 g/mol. The van der Waals surface area contributed by atoms with E-state index in [0.717, 1.165) is 6.61 Å². The first-order chi connectivity index (χ1) is 9.19. The molecular formula is C16H26N2O. The molecule has 1 fully saturated rings. The molecule has 1 aromatic rings. The molecule has 0 aliphatic heterocycles. The Morgan fingerprint density at radius 2 is 2.00 bits per heavy atom. The summed E-state index contributed by atoms with van der Waals surface area (Å²) in [6.07, 6.45) is 1.39. The van der Waals surface area contributed by atoms with Gasteiger partial charge in [-0.3, -0.25) is 11.3 Å². The second-order valence-corrected chi connectivity index (χ2v) is 5.77. The van der Waals surface area contributed by atoms with E-state index in [2.05, 4.69) is 49.6 Å². The minimum absolute atomic E-state index is 0.189. The molecule has 3 N–H and O–H groups in total. The SMILES string of the molecule is CCOC(C(C)C)C(NN)C1CC1c1ccccc1. The van der Waals surface area contributed by atoms with Crippen LogP contribution in [0, 0.1) is 11.8 Å². The van der Waals surface area contributed by atoms with E-state index >= 15 is 0 Å². The van der Waals surface area contributed by atoms with Crippen LogP contribution < -0.4 is 11.3 Å². The molecule has 0 radical (unpaired) electrons. The van der Waals surface area contributed by atoms with Gasteiger partial charge in [0.05, 0.1) is 12.1 Å². The summed E-state index contributed by atoms with van der Waals surface area (Å²) in [7, 11) is 0. The average molecular weight is 262 g/mol. The lowest BCUT2D eigenvalue weighted by molar-refractivity contribution is -0.00252. The smallest absolute Gasteiger partial charge is 0.0767 e. The minimum Gasteiger partial charge on any atom is -0.377 e. The van der Waals surface area contributed by atoms with E-state index in [-0.39, 0.29) is 12.1 Å². The van der Waals surface area contributed by atoms with Crippen LogP contribution in [0.4, 0.5) is 0 Å². The van der Waals surface area contributed by atoms with Crippen LogP contribution in [0.3, 0.4) is 0 Å². The molecule has 4 atom stereocenters. The van der Waals surface area contributed by atoms with E-state index < -0.39 is 0 Å². The molecule has 1 aliphatic carbocycles. The van der Waals surface area contributed by atoms with E-state index in [1.807, 2.05) is 6.92 Å². The first-order valence-corrected chi connectivity index (χ1v) is 7.31. The average Bonchev–Trinajstić information content (AvgIpc) is 3.20. The zero-order chi connectivity index (χ0) is 13.8. The lowest BCUT2D eigenvalue weighted by Gasteiger charge is -2.30. The van der Waals surface area contributed by atoms with Gasteiger partial charge >= 0.3 is 0 Å². The maximum absolute atomic E-state index is 5.90. The summed E-state index contributed by atoms with van der Waals surface area (Å²) in [5.74, 6) is 7.48. The number of nitrogens with two attached hydrogens (primary N) is 1. The van der Waals surface area contributed by atoms with Crippen molar-refractivity contribution in [3.8, 4) is 0 Å². The Labute approximate surface area is 116 Å². The molecule has 0 aromatic heterocycles. The van der Waals surface area contributed by atoms with E-state index in [9.17, 15) is 0 Å². The Kier molecular flexibility index (Phi) is 4.97. The maximum Gasteiger partial charge on any atom is 0.0767 e. The summed E-state index contributed by atoms with van der Waals surface area (Å²) in [6.45, 7) is 7.18. The Bertz CT molecular complexity index is 380. The number of hydrogen-bond acceptors (Lipinski definition) is 3. The molecule has 3 heteroatoms. The van der Waals surface area contributed by atoms with Gasteiger partial charge in [0, 0.05) is 6.61 Å². The molecule has 106 valence electrons. The Morgan fingerprint density at radius 1 is 1.32 bits per heavy atom. The Hall–Kier alpha value is -0.900. The van der Waals surface area contributed by atoms with Gasteiger partial charge in [0.2, 0.25) is 0 Å². The fourth-order valence-corrected chi connectivity index (χ4v) is 3.06. The highest BCUT2D eigenvalue weighted by molar-refractivity contribution is 5.27. The van der Waals surface area contributed by atoms with E-state index in [4.69, 9.17) is 10.6 Å². The molecule has 0 saturated heterocycles. The molecule has 0 bridgehead atoms. The Morgan fingerprint density at radius 3 is 2.53 bits per heavy atom. The van der Waals surface area contributed by atoms with E-state index in [1.165, 1.54) is 12.0 Å². The number of nitrogens with one attached hydrogen (secondary N) is 1. The van der Waals surface area contributed by atoms with Gasteiger partial charge in [-0.25, -0.2) is 0 Å². The summed E-state index contributed by atoms with van der Waals surface area (Å²) < 4.78 is 5.90. The predicted molar refractivity (Wildman–Crippen MR) is 78.7 cm³/mol. The van der Waals surface area contributed by atoms with Crippen molar-refractivity contribution in [1.29, 1.82) is 0 Å². The van der Waals surface area contributed by atoms with Gasteiger partial charge in [-0.05, 0) is 36.7 Å². The topological polar surface area (TPSA) is 47.3 Å². The van der Waals surface area contributed by atoms with E-state index in [1.54, 1.807) is 0 Å². The van der Waals surface area contributed by atoms with Crippen LogP contribution in [0.15, 0.2) is 30.3 Å². The molecule has 19 heavy (non-hydrogen) atoms. The molecule has 3 nitrogen and oxygen atoms in total. The molecule has 4 unspecified atom stereocenters. The van der Waals surface area contributed by atoms with Crippen LogP contribution >= 0.6 is 0 Å². The van der Waals surface area contributed by atoms with Crippen molar-refractivity contribution in [2.45, 2.75) is 45.3 Å². The minimum atomic E-state index is 0.189. The number of rotatable bonds is 7. The van der Waals surface area contributed by atoms with Gasteiger partial charge in [-0.2, -0.15) is 0 Å². The second-order valence-electron chi connectivity index (χ2n) is 5.77. The van der Waals surface area contributed by atoms with Crippen LogP contribution in [0.5, 0.6) is 0 Å². The number of ether oxygens (including phenoxy) is 1. The summed E-state index contributed by atoms with van der Waals surface area (Å²) >= 11 is 0. The zero-order valence-electron chi connectivity index (χ0n) is 12.2. The van der Waals surface area contributed by atoms with Crippen molar-refractivity contribution in [3.63, 3.8) is 0 Å². The van der Waals surface area contributed by atoms with Crippen molar-refractivity contribution >= 4 is 0 Å². The molecule has 1 aliphatic rings. The molecule has 2 rings (SSSR count). The predicted octanol–water partition coefficient (Wildman–Crippen LogP) is 2.68. The highest BCUT2D eigenvalue weighted by Crippen LogP contribution is 2.50. The largest absolute Gasteiger partial charge is 0.377 e. The maximum atomic E-state index is 5.90. The van der Waals surface area contributed by atoms with Crippen LogP contribution in [0.25, 0.3) is 0 Å². The van der Waals surface area contributed by atoms with Crippen molar-refractivity contribution in [1.82, 2.24) is 5.43 Å². The monoisotopic (exact) mass is 262 g/mol. The van der Waals surface area contributed by atoms with E-state index in [0.29, 0.717) is 17.8 Å². The quantitative estimate of drug-likeness (QED) is 0.586. The number of hydrazine groups is 1. The van der Waals surface area contributed by atoms with Crippen molar-refractivity contribution in [3.05, 3.63) is 35.9 Å². The standard InChI is InChI=1S/C16H26N2O/c1-4-19-16(11(2)3)15(18-17)14-10-13(14)12-8-6-5-7-9-12/h5-9,11,13-16,18H,4,10,17H2,1-3H3. The van der Waals surface area contributed by atoms with Crippen LogP contribution in [-0.2, 0) is 4.74 Å². The second kappa shape index (κ2) is 6.51. The summed E-state index contributed by atoms with van der Waals surface area (Å²) in [5.41, 5.74) is 4.43. The Balaban J connectivity index is 2.04. The van der Waals surface area contributed by atoms with Crippen molar-refractivity contribution in [2.75, 3.05) is 6.61 Å². The van der Waals surface area contributed by atoms with Gasteiger partial charge in [0.15, 0.2) is 0 Å². The zero-order valence-corrected chi connectivity index (χ0v) is 12.2. The molecule has 0 heterocycles. The normalized spacial score (nSPS) is 25.3.